The highest BCUT2D eigenvalue weighted by molar-refractivity contribution is 5.94. The fourth-order valence-electron chi connectivity index (χ4n) is 2.61. The van der Waals surface area contributed by atoms with Gasteiger partial charge in [-0.2, -0.15) is 0 Å². The molecule has 1 aromatic rings. The number of rotatable bonds is 4. The maximum atomic E-state index is 12.4. The number of pyridine rings is 1. The van der Waals surface area contributed by atoms with Gasteiger partial charge in [0, 0.05) is 44.5 Å². The fourth-order valence-corrected chi connectivity index (χ4v) is 2.61. The first-order valence-corrected chi connectivity index (χ1v) is 7.10. The summed E-state index contributed by atoms with van der Waals surface area (Å²) in [5.41, 5.74) is 0.697. The van der Waals surface area contributed by atoms with Gasteiger partial charge in [0.15, 0.2) is 0 Å². The largest absolute Gasteiger partial charge is 0.356 e. The SMILES string of the molecule is CC(=O)NCC[C@@H]1CCCN(C(=O)c2ccncc2)C1. The minimum Gasteiger partial charge on any atom is -0.356 e. The summed E-state index contributed by atoms with van der Waals surface area (Å²) in [6.07, 6.45) is 6.37. The van der Waals surface area contributed by atoms with Crippen LogP contribution < -0.4 is 5.32 Å². The molecule has 0 aromatic carbocycles. The molecule has 2 heterocycles. The summed E-state index contributed by atoms with van der Waals surface area (Å²) in [5.74, 6) is 0.559. The summed E-state index contributed by atoms with van der Waals surface area (Å²) in [7, 11) is 0. The van der Waals surface area contributed by atoms with E-state index in [4.69, 9.17) is 0 Å². The van der Waals surface area contributed by atoms with E-state index in [1.165, 1.54) is 6.92 Å². The fraction of sp³-hybridized carbons (Fsp3) is 0.533. The molecule has 2 rings (SSSR count). The Balaban J connectivity index is 1.87. The van der Waals surface area contributed by atoms with Crippen molar-refractivity contribution in [3.8, 4) is 0 Å². The molecule has 108 valence electrons. The van der Waals surface area contributed by atoms with Crippen molar-refractivity contribution in [1.82, 2.24) is 15.2 Å². The summed E-state index contributed by atoms with van der Waals surface area (Å²) in [6, 6.07) is 3.51. The van der Waals surface area contributed by atoms with E-state index >= 15 is 0 Å². The lowest BCUT2D eigenvalue weighted by Crippen LogP contribution is -2.40. The van der Waals surface area contributed by atoms with E-state index in [1.807, 2.05) is 4.90 Å². The van der Waals surface area contributed by atoms with Gasteiger partial charge < -0.3 is 10.2 Å². The molecule has 1 aliphatic heterocycles. The van der Waals surface area contributed by atoms with Crippen LogP contribution >= 0.6 is 0 Å². The van der Waals surface area contributed by atoms with Crippen molar-refractivity contribution >= 4 is 11.8 Å². The van der Waals surface area contributed by atoms with E-state index in [9.17, 15) is 9.59 Å². The average Bonchev–Trinajstić information content (AvgIpc) is 2.47. The van der Waals surface area contributed by atoms with Crippen LogP contribution in [0.2, 0.25) is 0 Å². The smallest absolute Gasteiger partial charge is 0.253 e. The van der Waals surface area contributed by atoms with Gasteiger partial charge in [0.25, 0.3) is 5.91 Å². The number of nitrogens with zero attached hydrogens (tertiary/aromatic N) is 2. The highest BCUT2D eigenvalue weighted by Crippen LogP contribution is 2.20. The number of hydrogen-bond donors (Lipinski definition) is 1. The van der Waals surface area contributed by atoms with Crippen LogP contribution in [0.15, 0.2) is 24.5 Å². The van der Waals surface area contributed by atoms with Crippen LogP contribution in [0.3, 0.4) is 0 Å². The van der Waals surface area contributed by atoms with Crippen LogP contribution in [-0.4, -0.2) is 41.3 Å². The molecule has 1 aliphatic rings. The molecule has 1 fully saturated rings. The van der Waals surface area contributed by atoms with E-state index < -0.39 is 0 Å². The Hall–Kier alpha value is -1.91. The van der Waals surface area contributed by atoms with Gasteiger partial charge in [0.2, 0.25) is 5.91 Å². The number of carbonyl (C=O) groups is 2. The number of carbonyl (C=O) groups excluding carboxylic acids is 2. The second-order valence-electron chi connectivity index (χ2n) is 5.27. The van der Waals surface area contributed by atoms with Gasteiger partial charge >= 0.3 is 0 Å². The first-order valence-electron chi connectivity index (χ1n) is 7.10. The second kappa shape index (κ2) is 7.03. The van der Waals surface area contributed by atoms with Crippen molar-refractivity contribution in [2.45, 2.75) is 26.2 Å². The molecule has 0 bridgehead atoms. The van der Waals surface area contributed by atoms with Gasteiger partial charge in [-0.1, -0.05) is 0 Å². The molecule has 0 aliphatic carbocycles. The Morgan fingerprint density at radius 1 is 1.40 bits per heavy atom. The molecular weight excluding hydrogens is 254 g/mol. The molecule has 1 aromatic heterocycles. The van der Waals surface area contributed by atoms with E-state index in [1.54, 1.807) is 24.5 Å². The summed E-state index contributed by atoms with van der Waals surface area (Å²) in [5, 5.41) is 2.82. The van der Waals surface area contributed by atoms with E-state index in [2.05, 4.69) is 10.3 Å². The number of aromatic nitrogens is 1. The van der Waals surface area contributed by atoms with Crippen LogP contribution in [-0.2, 0) is 4.79 Å². The summed E-state index contributed by atoms with van der Waals surface area (Å²) in [6.45, 7) is 3.82. The Labute approximate surface area is 119 Å². The lowest BCUT2D eigenvalue weighted by Gasteiger charge is -2.33. The first-order chi connectivity index (χ1) is 9.66. The first kappa shape index (κ1) is 14.5. The Bertz CT molecular complexity index is 461. The number of likely N-dealkylation sites (tertiary alicyclic amines) is 1. The van der Waals surface area contributed by atoms with Gasteiger partial charge in [0.1, 0.15) is 0 Å². The standard InChI is InChI=1S/C15H21N3O2/c1-12(19)17-9-4-13-3-2-10-18(11-13)15(20)14-5-7-16-8-6-14/h5-8,13H,2-4,9-11H2,1H3,(H,17,19)/t13-/m0/s1. The lowest BCUT2D eigenvalue weighted by molar-refractivity contribution is -0.119. The molecule has 0 radical (unpaired) electrons. The second-order valence-corrected chi connectivity index (χ2v) is 5.27. The minimum atomic E-state index is 0.00512. The van der Waals surface area contributed by atoms with Crippen molar-refractivity contribution in [1.29, 1.82) is 0 Å². The summed E-state index contributed by atoms with van der Waals surface area (Å²) in [4.78, 5) is 29.1. The lowest BCUT2D eigenvalue weighted by atomic mass is 9.94. The van der Waals surface area contributed by atoms with Crippen molar-refractivity contribution in [3.05, 3.63) is 30.1 Å². The predicted octanol–water partition coefficient (Wildman–Crippen LogP) is 1.46. The third-order valence-corrected chi connectivity index (χ3v) is 3.66. The molecule has 0 saturated carbocycles. The molecule has 5 nitrogen and oxygen atoms in total. The molecule has 0 spiro atoms. The van der Waals surface area contributed by atoms with E-state index in [0.717, 1.165) is 32.4 Å². The number of piperidine rings is 1. The van der Waals surface area contributed by atoms with Crippen LogP contribution in [0.1, 0.15) is 36.5 Å². The Morgan fingerprint density at radius 3 is 2.85 bits per heavy atom. The topological polar surface area (TPSA) is 62.3 Å². The molecule has 0 unspecified atom stereocenters. The quantitative estimate of drug-likeness (QED) is 0.905. The number of nitrogens with one attached hydrogen (secondary N) is 1. The van der Waals surface area contributed by atoms with Crippen LogP contribution in [0, 0.1) is 5.92 Å². The zero-order chi connectivity index (χ0) is 14.4. The maximum Gasteiger partial charge on any atom is 0.253 e. The van der Waals surface area contributed by atoms with Crippen LogP contribution in [0.25, 0.3) is 0 Å². The minimum absolute atomic E-state index is 0.00512. The third-order valence-electron chi connectivity index (χ3n) is 3.66. The molecule has 5 heteroatoms. The highest BCUT2D eigenvalue weighted by atomic mass is 16.2. The molecule has 1 N–H and O–H groups in total. The van der Waals surface area contributed by atoms with Crippen molar-refractivity contribution < 1.29 is 9.59 Å². The summed E-state index contributed by atoms with van der Waals surface area (Å²) >= 11 is 0. The van der Waals surface area contributed by atoms with Gasteiger partial charge in [-0.05, 0) is 37.3 Å². The average molecular weight is 275 g/mol. The van der Waals surface area contributed by atoms with Gasteiger partial charge in [-0.25, -0.2) is 0 Å². The Morgan fingerprint density at radius 2 is 2.15 bits per heavy atom. The van der Waals surface area contributed by atoms with E-state index in [-0.39, 0.29) is 11.8 Å². The number of amides is 2. The molecular formula is C15H21N3O2. The maximum absolute atomic E-state index is 12.4. The molecule has 2 amide bonds. The predicted molar refractivity (Wildman–Crippen MR) is 76.2 cm³/mol. The zero-order valence-electron chi connectivity index (χ0n) is 11.8. The van der Waals surface area contributed by atoms with Gasteiger partial charge in [0.05, 0.1) is 0 Å². The molecule has 20 heavy (non-hydrogen) atoms. The zero-order valence-corrected chi connectivity index (χ0v) is 11.8. The molecule has 1 atom stereocenters. The van der Waals surface area contributed by atoms with E-state index in [0.29, 0.717) is 18.0 Å². The molecule has 1 saturated heterocycles. The summed E-state index contributed by atoms with van der Waals surface area (Å²) < 4.78 is 0. The number of hydrogen-bond acceptors (Lipinski definition) is 3. The van der Waals surface area contributed by atoms with Crippen LogP contribution in [0.5, 0.6) is 0 Å². The van der Waals surface area contributed by atoms with Crippen LogP contribution in [0.4, 0.5) is 0 Å². The normalized spacial score (nSPS) is 18.6. The third kappa shape index (κ3) is 4.05. The van der Waals surface area contributed by atoms with Crippen molar-refractivity contribution in [2.75, 3.05) is 19.6 Å². The highest BCUT2D eigenvalue weighted by Gasteiger charge is 2.24. The van der Waals surface area contributed by atoms with Gasteiger partial charge in [-0.3, -0.25) is 14.6 Å². The van der Waals surface area contributed by atoms with Gasteiger partial charge in [-0.15, -0.1) is 0 Å². The Kier molecular flexibility index (Phi) is 5.09. The van der Waals surface area contributed by atoms with Crippen molar-refractivity contribution in [3.63, 3.8) is 0 Å². The monoisotopic (exact) mass is 275 g/mol. The van der Waals surface area contributed by atoms with Crippen molar-refractivity contribution in [2.24, 2.45) is 5.92 Å².